The Kier molecular flexibility index (Phi) is 4.61. The third-order valence-corrected chi connectivity index (χ3v) is 5.14. The molecule has 2 aliphatic heterocycles. The highest BCUT2D eigenvalue weighted by Gasteiger charge is 2.39. The van der Waals surface area contributed by atoms with Crippen LogP contribution >= 0.6 is 15.9 Å². The smallest absolute Gasteiger partial charge is 0.263 e. The van der Waals surface area contributed by atoms with Crippen molar-refractivity contribution in [3.63, 3.8) is 0 Å². The number of hydrogen-bond acceptors (Lipinski definition) is 4. The molecule has 0 bridgehead atoms. The van der Waals surface area contributed by atoms with E-state index < -0.39 is 0 Å². The summed E-state index contributed by atoms with van der Waals surface area (Å²) in [5, 5.41) is 0. The summed E-state index contributed by atoms with van der Waals surface area (Å²) in [6, 6.07) is 16.6. The van der Waals surface area contributed by atoms with Gasteiger partial charge in [-0.2, -0.15) is 0 Å². The summed E-state index contributed by atoms with van der Waals surface area (Å²) in [6.07, 6.45) is 1.44. The van der Waals surface area contributed by atoms with Crippen molar-refractivity contribution in [2.24, 2.45) is 0 Å². The summed E-state index contributed by atoms with van der Waals surface area (Å²) in [7, 11) is 0. The summed E-state index contributed by atoms with van der Waals surface area (Å²) in [5.41, 5.74) is 2.06. The van der Waals surface area contributed by atoms with Crippen LogP contribution in [-0.2, 0) is 14.3 Å². The van der Waals surface area contributed by atoms with E-state index in [1.54, 1.807) is 12.1 Å². The molecule has 2 aromatic carbocycles. The fourth-order valence-corrected chi connectivity index (χ4v) is 3.62. The first-order valence-corrected chi connectivity index (χ1v) is 9.19. The Balaban J connectivity index is 1.65. The summed E-state index contributed by atoms with van der Waals surface area (Å²) >= 11 is 3.44. The second-order valence-corrected chi connectivity index (χ2v) is 7.09. The predicted octanol–water partition coefficient (Wildman–Crippen LogP) is 3.15. The number of imide groups is 1. The van der Waals surface area contributed by atoms with E-state index in [0.717, 1.165) is 10.2 Å². The van der Waals surface area contributed by atoms with Crippen molar-refractivity contribution >= 4 is 39.1 Å². The van der Waals surface area contributed by atoms with E-state index in [1.165, 1.54) is 11.0 Å². The highest BCUT2D eigenvalue weighted by atomic mass is 79.9. The lowest BCUT2D eigenvalue weighted by molar-refractivity contribution is -0.120. The standard InChI is InChI=1S/C20H17BrN2O3/c21-14-6-8-15(9-7-14)22-10-11-26-13-18(22)17-12-19(24)23(20(17)25)16-4-2-1-3-5-16/h1-9,12,18H,10-11,13H2. The Labute approximate surface area is 160 Å². The molecular formula is C20H17BrN2O3. The molecule has 0 spiro atoms. The lowest BCUT2D eigenvalue weighted by atomic mass is 10.0. The Bertz CT molecular complexity index is 864. The van der Waals surface area contributed by atoms with Crippen LogP contribution in [0.4, 0.5) is 11.4 Å². The number of benzene rings is 2. The summed E-state index contributed by atoms with van der Waals surface area (Å²) in [5.74, 6) is -0.587. The SMILES string of the molecule is O=C1C=C(C2COCCN2c2ccc(Br)cc2)C(=O)N1c1ccccc1. The van der Waals surface area contributed by atoms with Crippen LogP contribution < -0.4 is 9.80 Å². The van der Waals surface area contributed by atoms with E-state index in [2.05, 4.69) is 20.8 Å². The van der Waals surface area contributed by atoms with Gasteiger partial charge in [-0.1, -0.05) is 34.1 Å². The number of anilines is 2. The van der Waals surface area contributed by atoms with Gasteiger partial charge < -0.3 is 9.64 Å². The topological polar surface area (TPSA) is 49.9 Å². The molecule has 1 unspecified atom stereocenters. The summed E-state index contributed by atoms with van der Waals surface area (Å²) < 4.78 is 6.61. The molecule has 2 heterocycles. The van der Waals surface area contributed by atoms with Gasteiger partial charge in [-0.05, 0) is 36.4 Å². The highest BCUT2D eigenvalue weighted by Crippen LogP contribution is 2.30. The van der Waals surface area contributed by atoms with Crippen LogP contribution in [0.1, 0.15) is 0 Å². The fourth-order valence-electron chi connectivity index (χ4n) is 3.35. The van der Waals surface area contributed by atoms with Crippen LogP contribution in [0.2, 0.25) is 0 Å². The molecule has 2 amide bonds. The molecule has 6 heteroatoms. The van der Waals surface area contributed by atoms with Crippen molar-refractivity contribution in [3.8, 4) is 0 Å². The van der Waals surface area contributed by atoms with Crippen LogP contribution in [0.3, 0.4) is 0 Å². The zero-order valence-corrected chi connectivity index (χ0v) is 15.6. The molecule has 132 valence electrons. The Morgan fingerprint density at radius 1 is 0.962 bits per heavy atom. The zero-order chi connectivity index (χ0) is 18.1. The van der Waals surface area contributed by atoms with E-state index in [9.17, 15) is 9.59 Å². The second kappa shape index (κ2) is 7.05. The maximum atomic E-state index is 13.0. The third-order valence-electron chi connectivity index (χ3n) is 4.61. The molecule has 4 rings (SSSR count). The van der Waals surface area contributed by atoms with E-state index in [1.807, 2.05) is 42.5 Å². The number of rotatable bonds is 3. The Hall–Kier alpha value is -2.44. The molecular weight excluding hydrogens is 396 g/mol. The lowest BCUT2D eigenvalue weighted by Gasteiger charge is -2.37. The first kappa shape index (κ1) is 17.0. The molecule has 1 saturated heterocycles. The number of hydrogen-bond donors (Lipinski definition) is 0. The van der Waals surface area contributed by atoms with E-state index in [0.29, 0.717) is 31.0 Å². The van der Waals surface area contributed by atoms with Gasteiger partial charge in [-0.3, -0.25) is 9.59 Å². The quantitative estimate of drug-likeness (QED) is 0.726. The first-order valence-electron chi connectivity index (χ1n) is 8.40. The highest BCUT2D eigenvalue weighted by molar-refractivity contribution is 9.10. The van der Waals surface area contributed by atoms with Gasteiger partial charge in [0, 0.05) is 28.4 Å². The van der Waals surface area contributed by atoms with Crippen molar-refractivity contribution in [2.45, 2.75) is 6.04 Å². The van der Waals surface area contributed by atoms with Gasteiger partial charge in [0.15, 0.2) is 0 Å². The van der Waals surface area contributed by atoms with Gasteiger partial charge in [0.1, 0.15) is 0 Å². The molecule has 0 saturated carbocycles. The van der Waals surface area contributed by atoms with E-state index >= 15 is 0 Å². The minimum atomic E-state index is -0.308. The molecule has 1 atom stereocenters. The zero-order valence-electron chi connectivity index (χ0n) is 14.0. The number of carbonyl (C=O) groups excluding carboxylic acids is 2. The monoisotopic (exact) mass is 412 g/mol. The molecule has 0 N–H and O–H groups in total. The molecule has 1 fully saturated rings. The molecule has 5 nitrogen and oxygen atoms in total. The minimum Gasteiger partial charge on any atom is -0.377 e. The van der Waals surface area contributed by atoms with Crippen molar-refractivity contribution in [1.29, 1.82) is 0 Å². The second-order valence-electron chi connectivity index (χ2n) is 6.17. The molecule has 26 heavy (non-hydrogen) atoms. The maximum absolute atomic E-state index is 13.0. The normalized spacial score (nSPS) is 20.5. The van der Waals surface area contributed by atoms with Crippen molar-refractivity contribution in [2.75, 3.05) is 29.6 Å². The van der Waals surface area contributed by atoms with E-state index in [4.69, 9.17) is 4.74 Å². The number of morpholine rings is 1. The molecule has 0 aromatic heterocycles. The Morgan fingerprint density at radius 3 is 2.42 bits per heavy atom. The molecule has 2 aliphatic rings. The average Bonchev–Trinajstić information content (AvgIpc) is 2.97. The largest absolute Gasteiger partial charge is 0.377 e. The van der Waals surface area contributed by atoms with Crippen LogP contribution in [0.25, 0.3) is 0 Å². The van der Waals surface area contributed by atoms with Crippen LogP contribution in [-0.4, -0.2) is 37.6 Å². The number of ether oxygens (including phenoxy) is 1. The van der Waals surface area contributed by atoms with E-state index in [-0.39, 0.29) is 17.9 Å². The van der Waals surface area contributed by atoms with Crippen molar-refractivity contribution < 1.29 is 14.3 Å². The van der Waals surface area contributed by atoms with Gasteiger partial charge in [0.25, 0.3) is 11.8 Å². The van der Waals surface area contributed by atoms with Crippen LogP contribution in [0.15, 0.2) is 70.7 Å². The van der Waals surface area contributed by atoms with Crippen molar-refractivity contribution in [3.05, 3.63) is 70.7 Å². The number of amides is 2. The Morgan fingerprint density at radius 2 is 1.69 bits per heavy atom. The number of nitrogens with zero attached hydrogens (tertiary/aromatic N) is 2. The molecule has 2 aromatic rings. The van der Waals surface area contributed by atoms with Crippen LogP contribution in [0.5, 0.6) is 0 Å². The fraction of sp³-hybridized carbons (Fsp3) is 0.200. The number of halogens is 1. The van der Waals surface area contributed by atoms with Gasteiger partial charge in [-0.25, -0.2) is 4.90 Å². The summed E-state index contributed by atoms with van der Waals surface area (Å²) in [4.78, 5) is 28.8. The van der Waals surface area contributed by atoms with Gasteiger partial charge in [0.05, 0.1) is 24.9 Å². The molecule has 0 radical (unpaired) electrons. The maximum Gasteiger partial charge on any atom is 0.263 e. The minimum absolute atomic E-state index is 0.279. The van der Waals surface area contributed by atoms with Gasteiger partial charge in [0.2, 0.25) is 0 Å². The molecule has 0 aliphatic carbocycles. The third kappa shape index (κ3) is 3.06. The lowest BCUT2D eigenvalue weighted by Crippen LogP contribution is -2.48. The number of para-hydroxylation sites is 1. The van der Waals surface area contributed by atoms with Gasteiger partial charge in [-0.15, -0.1) is 0 Å². The first-order chi connectivity index (χ1) is 12.6. The average molecular weight is 413 g/mol. The predicted molar refractivity (Wildman–Crippen MR) is 103 cm³/mol. The number of carbonyl (C=O) groups is 2. The van der Waals surface area contributed by atoms with Crippen LogP contribution in [0, 0.1) is 0 Å². The summed E-state index contributed by atoms with van der Waals surface area (Å²) in [6.45, 7) is 1.63. The van der Waals surface area contributed by atoms with Gasteiger partial charge >= 0.3 is 0 Å². The van der Waals surface area contributed by atoms with Crippen molar-refractivity contribution in [1.82, 2.24) is 0 Å².